The van der Waals surface area contributed by atoms with Crippen molar-refractivity contribution >= 4 is 31.9 Å². The SMILES string of the molecule is NNC(Cc1ccccc1Br)c1ccccc1Br. The Morgan fingerprint density at radius 1 is 0.944 bits per heavy atom. The van der Waals surface area contributed by atoms with Gasteiger partial charge in [-0.25, -0.2) is 0 Å². The second-order valence-corrected chi connectivity index (χ2v) is 5.74. The maximum atomic E-state index is 5.69. The van der Waals surface area contributed by atoms with Crippen molar-refractivity contribution in [2.24, 2.45) is 5.84 Å². The van der Waals surface area contributed by atoms with Gasteiger partial charge in [0, 0.05) is 8.95 Å². The Balaban J connectivity index is 2.26. The summed E-state index contributed by atoms with van der Waals surface area (Å²) in [7, 11) is 0. The van der Waals surface area contributed by atoms with Crippen LogP contribution < -0.4 is 11.3 Å². The molecule has 0 aromatic heterocycles. The van der Waals surface area contributed by atoms with Crippen molar-refractivity contribution in [2.75, 3.05) is 0 Å². The van der Waals surface area contributed by atoms with Crippen LogP contribution in [0.1, 0.15) is 17.2 Å². The molecule has 0 saturated heterocycles. The van der Waals surface area contributed by atoms with Crippen molar-refractivity contribution < 1.29 is 0 Å². The van der Waals surface area contributed by atoms with Gasteiger partial charge in [0.1, 0.15) is 0 Å². The van der Waals surface area contributed by atoms with Gasteiger partial charge in [0.2, 0.25) is 0 Å². The van der Waals surface area contributed by atoms with Gasteiger partial charge >= 0.3 is 0 Å². The third kappa shape index (κ3) is 3.20. The van der Waals surface area contributed by atoms with Crippen molar-refractivity contribution in [2.45, 2.75) is 12.5 Å². The average molecular weight is 370 g/mol. The maximum Gasteiger partial charge on any atom is 0.0511 e. The van der Waals surface area contributed by atoms with Crippen molar-refractivity contribution in [3.05, 3.63) is 68.6 Å². The standard InChI is InChI=1S/C14H14Br2N2/c15-12-7-3-1-5-10(12)9-14(18-17)11-6-2-4-8-13(11)16/h1-8,14,18H,9,17H2. The van der Waals surface area contributed by atoms with Gasteiger partial charge in [-0.1, -0.05) is 68.3 Å². The minimum atomic E-state index is 0.0827. The molecule has 2 aromatic carbocycles. The lowest BCUT2D eigenvalue weighted by Crippen LogP contribution is -2.29. The van der Waals surface area contributed by atoms with E-state index >= 15 is 0 Å². The largest absolute Gasteiger partial charge is 0.271 e. The highest BCUT2D eigenvalue weighted by Gasteiger charge is 2.14. The Morgan fingerprint density at radius 2 is 1.56 bits per heavy atom. The number of benzene rings is 2. The topological polar surface area (TPSA) is 38.0 Å². The molecule has 4 heteroatoms. The van der Waals surface area contributed by atoms with Crippen molar-refractivity contribution in [1.82, 2.24) is 5.43 Å². The summed E-state index contributed by atoms with van der Waals surface area (Å²) in [4.78, 5) is 0. The number of nitrogens with two attached hydrogens (primary N) is 1. The van der Waals surface area contributed by atoms with Crippen LogP contribution in [0.4, 0.5) is 0 Å². The Hall–Kier alpha value is -0.680. The zero-order chi connectivity index (χ0) is 13.0. The van der Waals surface area contributed by atoms with Crippen LogP contribution in [0.25, 0.3) is 0 Å². The highest BCUT2D eigenvalue weighted by Crippen LogP contribution is 2.27. The molecule has 94 valence electrons. The summed E-state index contributed by atoms with van der Waals surface area (Å²) in [5.74, 6) is 5.69. The molecule has 0 spiro atoms. The molecule has 2 aromatic rings. The first kappa shape index (κ1) is 13.7. The van der Waals surface area contributed by atoms with E-state index in [1.807, 2.05) is 36.4 Å². The lowest BCUT2D eigenvalue weighted by Gasteiger charge is -2.18. The molecule has 3 N–H and O–H groups in total. The number of hydrogen-bond acceptors (Lipinski definition) is 2. The Morgan fingerprint density at radius 3 is 2.17 bits per heavy atom. The summed E-state index contributed by atoms with van der Waals surface area (Å²) in [6.45, 7) is 0. The quantitative estimate of drug-likeness (QED) is 0.632. The smallest absolute Gasteiger partial charge is 0.0511 e. The summed E-state index contributed by atoms with van der Waals surface area (Å²) < 4.78 is 2.18. The molecule has 1 unspecified atom stereocenters. The van der Waals surface area contributed by atoms with E-state index in [9.17, 15) is 0 Å². The molecule has 0 aliphatic rings. The zero-order valence-electron chi connectivity index (χ0n) is 9.74. The van der Waals surface area contributed by atoms with Gasteiger partial charge in [0.25, 0.3) is 0 Å². The fourth-order valence-corrected chi connectivity index (χ4v) is 2.91. The molecule has 0 saturated carbocycles. The van der Waals surface area contributed by atoms with E-state index in [0.29, 0.717) is 0 Å². The molecule has 0 heterocycles. The Kier molecular flexibility index (Phi) is 4.95. The number of hydrogen-bond donors (Lipinski definition) is 2. The summed E-state index contributed by atoms with van der Waals surface area (Å²) in [6.07, 6.45) is 0.834. The molecule has 0 fully saturated rings. The first-order valence-electron chi connectivity index (χ1n) is 5.66. The maximum absolute atomic E-state index is 5.69. The number of nitrogens with one attached hydrogen (secondary N) is 1. The van der Waals surface area contributed by atoms with Gasteiger partial charge in [-0.15, -0.1) is 0 Å². The van der Waals surface area contributed by atoms with Gasteiger partial charge in [0.15, 0.2) is 0 Å². The molecule has 0 amide bonds. The molecule has 2 rings (SSSR count). The zero-order valence-corrected chi connectivity index (χ0v) is 12.9. The van der Waals surface area contributed by atoms with Crippen LogP contribution >= 0.6 is 31.9 Å². The molecule has 0 aliphatic heterocycles. The Bertz CT molecular complexity index is 529. The normalized spacial score (nSPS) is 12.4. The van der Waals surface area contributed by atoms with Gasteiger partial charge in [-0.05, 0) is 29.7 Å². The summed E-state index contributed by atoms with van der Waals surface area (Å²) in [5, 5.41) is 0. The van der Waals surface area contributed by atoms with Crippen LogP contribution in [0.3, 0.4) is 0 Å². The van der Waals surface area contributed by atoms with Crippen LogP contribution in [0.15, 0.2) is 57.5 Å². The van der Waals surface area contributed by atoms with E-state index in [4.69, 9.17) is 5.84 Å². The van der Waals surface area contributed by atoms with Crippen LogP contribution in [-0.4, -0.2) is 0 Å². The van der Waals surface area contributed by atoms with Crippen molar-refractivity contribution in [1.29, 1.82) is 0 Å². The predicted molar refractivity (Wildman–Crippen MR) is 82.1 cm³/mol. The van der Waals surface area contributed by atoms with Crippen molar-refractivity contribution in [3.8, 4) is 0 Å². The fraction of sp³-hybridized carbons (Fsp3) is 0.143. The highest BCUT2D eigenvalue weighted by molar-refractivity contribution is 9.10. The van der Waals surface area contributed by atoms with Crippen LogP contribution in [0, 0.1) is 0 Å². The van der Waals surface area contributed by atoms with E-state index in [1.165, 1.54) is 5.56 Å². The van der Waals surface area contributed by atoms with E-state index < -0.39 is 0 Å². The molecule has 2 nitrogen and oxygen atoms in total. The lowest BCUT2D eigenvalue weighted by atomic mass is 9.99. The van der Waals surface area contributed by atoms with Crippen molar-refractivity contribution in [3.63, 3.8) is 0 Å². The van der Waals surface area contributed by atoms with Gasteiger partial charge in [-0.2, -0.15) is 0 Å². The minimum Gasteiger partial charge on any atom is -0.271 e. The fourth-order valence-electron chi connectivity index (χ4n) is 1.90. The third-order valence-corrected chi connectivity index (χ3v) is 4.36. The number of halogens is 2. The molecule has 0 bridgehead atoms. The summed E-state index contributed by atoms with van der Waals surface area (Å²) in [5.41, 5.74) is 5.28. The van der Waals surface area contributed by atoms with Gasteiger partial charge in [-0.3, -0.25) is 11.3 Å². The summed E-state index contributed by atoms with van der Waals surface area (Å²) >= 11 is 7.13. The predicted octanol–water partition coefficient (Wildman–Crippen LogP) is 3.96. The first-order chi connectivity index (χ1) is 8.72. The second kappa shape index (κ2) is 6.48. The minimum absolute atomic E-state index is 0.0827. The monoisotopic (exact) mass is 368 g/mol. The van der Waals surface area contributed by atoms with Gasteiger partial charge in [0.05, 0.1) is 6.04 Å². The number of hydrazine groups is 1. The summed E-state index contributed by atoms with van der Waals surface area (Å²) in [6, 6.07) is 16.4. The van der Waals surface area contributed by atoms with Crippen LogP contribution in [0.5, 0.6) is 0 Å². The van der Waals surface area contributed by atoms with Gasteiger partial charge < -0.3 is 0 Å². The second-order valence-electron chi connectivity index (χ2n) is 4.04. The highest BCUT2D eigenvalue weighted by atomic mass is 79.9. The van der Waals surface area contributed by atoms with E-state index in [0.717, 1.165) is 20.9 Å². The molecular weight excluding hydrogens is 356 g/mol. The Labute approximate surface area is 124 Å². The molecule has 18 heavy (non-hydrogen) atoms. The molecular formula is C14H14Br2N2. The third-order valence-electron chi connectivity index (χ3n) is 2.86. The van der Waals surface area contributed by atoms with E-state index in [1.54, 1.807) is 0 Å². The van der Waals surface area contributed by atoms with Crippen LogP contribution in [-0.2, 0) is 6.42 Å². The average Bonchev–Trinajstić information content (AvgIpc) is 2.39. The van der Waals surface area contributed by atoms with E-state index in [2.05, 4.69) is 49.4 Å². The lowest BCUT2D eigenvalue weighted by molar-refractivity contribution is 0.549. The molecule has 1 atom stereocenters. The number of rotatable bonds is 4. The van der Waals surface area contributed by atoms with Crippen LogP contribution in [0.2, 0.25) is 0 Å². The first-order valence-corrected chi connectivity index (χ1v) is 7.25. The molecule has 0 radical (unpaired) electrons. The van der Waals surface area contributed by atoms with E-state index in [-0.39, 0.29) is 6.04 Å². The molecule has 0 aliphatic carbocycles.